The van der Waals surface area contributed by atoms with Crippen LogP contribution in [-0.2, 0) is 11.0 Å². The van der Waals surface area contributed by atoms with E-state index >= 15 is 0 Å². The van der Waals surface area contributed by atoms with Crippen molar-refractivity contribution < 1.29 is 18.0 Å². The maximum atomic E-state index is 12.6. The highest BCUT2D eigenvalue weighted by molar-refractivity contribution is 5.85. The van der Waals surface area contributed by atoms with Crippen molar-refractivity contribution in [2.24, 2.45) is 0 Å². The number of nitrogens with one attached hydrogen (secondary N) is 2. The molecule has 1 aliphatic rings. The molecule has 1 unspecified atom stereocenters. The normalized spacial score (nSPS) is 16.6. The average molecular weight is 394 g/mol. The molecule has 1 heterocycles. The molecular formula is C18H27ClF3N3O. The Morgan fingerprint density at radius 3 is 2.42 bits per heavy atom. The lowest BCUT2D eigenvalue weighted by molar-refractivity contribution is -0.137. The lowest BCUT2D eigenvalue weighted by atomic mass is 9.96. The van der Waals surface area contributed by atoms with Gasteiger partial charge in [0.1, 0.15) is 0 Å². The maximum absolute atomic E-state index is 12.6. The van der Waals surface area contributed by atoms with Gasteiger partial charge in [-0.2, -0.15) is 13.2 Å². The zero-order chi connectivity index (χ0) is 18.3. The Labute approximate surface area is 158 Å². The van der Waals surface area contributed by atoms with Crippen LogP contribution in [-0.4, -0.2) is 50.1 Å². The van der Waals surface area contributed by atoms with Crippen LogP contribution in [0.5, 0.6) is 0 Å². The van der Waals surface area contributed by atoms with Crippen LogP contribution >= 0.6 is 12.4 Å². The van der Waals surface area contributed by atoms with Gasteiger partial charge in [-0.25, -0.2) is 0 Å². The minimum atomic E-state index is -4.33. The van der Waals surface area contributed by atoms with Gasteiger partial charge in [-0.1, -0.05) is 19.1 Å². The second kappa shape index (κ2) is 10.7. The molecule has 0 bridgehead atoms. The summed E-state index contributed by atoms with van der Waals surface area (Å²) in [7, 11) is 0. The van der Waals surface area contributed by atoms with Gasteiger partial charge in [-0.15, -0.1) is 12.4 Å². The first-order valence-electron chi connectivity index (χ1n) is 8.73. The standard InChI is InChI=1S/C18H26F3N3O.ClH/c1-14(15-3-5-16(6-4-15)18(19,20)21)13-17(25)23-7-2-10-24-11-8-22-9-12-24;/h3-6,14,22H,2,7-13H2,1H3,(H,23,25);1H. The van der Waals surface area contributed by atoms with E-state index in [0.717, 1.165) is 56.8 Å². The van der Waals surface area contributed by atoms with E-state index in [2.05, 4.69) is 15.5 Å². The van der Waals surface area contributed by atoms with Gasteiger partial charge in [-0.3, -0.25) is 4.79 Å². The molecular weight excluding hydrogens is 367 g/mol. The molecule has 26 heavy (non-hydrogen) atoms. The lowest BCUT2D eigenvalue weighted by Crippen LogP contribution is -2.44. The molecule has 0 spiro atoms. The fraction of sp³-hybridized carbons (Fsp3) is 0.611. The Hall–Kier alpha value is -1.31. The third-order valence-corrected chi connectivity index (χ3v) is 4.48. The number of benzene rings is 1. The zero-order valence-electron chi connectivity index (χ0n) is 14.9. The van der Waals surface area contributed by atoms with E-state index in [-0.39, 0.29) is 30.7 Å². The van der Waals surface area contributed by atoms with E-state index in [1.807, 2.05) is 6.92 Å². The molecule has 148 valence electrons. The Kier molecular flexibility index (Phi) is 9.39. The van der Waals surface area contributed by atoms with Crippen LogP contribution in [0.2, 0.25) is 0 Å². The Bertz CT molecular complexity index is 546. The molecule has 1 aromatic rings. The van der Waals surface area contributed by atoms with Crippen LogP contribution in [0.25, 0.3) is 0 Å². The maximum Gasteiger partial charge on any atom is 0.416 e. The molecule has 0 saturated carbocycles. The molecule has 1 aliphatic heterocycles. The number of piperazine rings is 1. The molecule has 2 N–H and O–H groups in total. The van der Waals surface area contributed by atoms with E-state index in [1.54, 1.807) is 0 Å². The number of halogens is 4. The summed E-state index contributed by atoms with van der Waals surface area (Å²) in [6.45, 7) is 7.55. The fourth-order valence-electron chi connectivity index (χ4n) is 2.93. The number of rotatable bonds is 7. The van der Waals surface area contributed by atoms with Crippen molar-refractivity contribution in [3.8, 4) is 0 Å². The minimum Gasteiger partial charge on any atom is -0.356 e. The van der Waals surface area contributed by atoms with Crippen molar-refractivity contribution in [1.82, 2.24) is 15.5 Å². The molecule has 0 radical (unpaired) electrons. The van der Waals surface area contributed by atoms with Gasteiger partial charge in [0.15, 0.2) is 0 Å². The monoisotopic (exact) mass is 393 g/mol. The number of alkyl halides is 3. The fourth-order valence-corrected chi connectivity index (χ4v) is 2.93. The van der Waals surface area contributed by atoms with Gasteiger partial charge in [0.05, 0.1) is 5.56 Å². The molecule has 8 heteroatoms. The van der Waals surface area contributed by atoms with Gasteiger partial charge in [-0.05, 0) is 36.6 Å². The van der Waals surface area contributed by atoms with Gasteiger partial charge >= 0.3 is 6.18 Å². The first kappa shape index (κ1) is 22.7. The molecule has 0 aliphatic carbocycles. The highest BCUT2D eigenvalue weighted by Crippen LogP contribution is 2.30. The molecule has 2 rings (SSSR count). The number of amides is 1. The number of nitrogens with zero attached hydrogens (tertiary/aromatic N) is 1. The Morgan fingerprint density at radius 1 is 1.23 bits per heavy atom. The average Bonchev–Trinajstić information content (AvgIpc) is 2.59. The molecule has 0 aromatic heterocycles. The summed E-state index contributed by atoms with van der Waals surface area (Å²) in [5.74, 6) is -0.178. The largest absolute Gasteiger partial charge is 0.416 e. The van der Waals surface area contributed by atoms with Crippen LogP contribution in [0.4, 0.5) is 13.2 Å². The van der Waals surface area contributed by atoms with Crippen molar-refractivity contribution in [1.29, 1.82) is 0 Å². The first-order valence-corrected chi connectivity index (χ1v) is 8.73. The van der Waals surface area contributed by atoms with Crippen molar-refractivity contribution in [3.63, 3.8) is 0 Å². The van der Waals surface area contributed by atoms with Gasteiger partial charge in [0.25, 0.3) is 0 Å². The third kappa shape index (κ3) is 7.51. The van der Waals surface area contributed by atoms with Crippen molar-refractivity contribution in [3.05, 3.63) is 35.4 Å². The molecule has 1 aromatic carbocycles. The van der Waals surface area contributed by atoms with Crippen LogP contribution in [0.3, 0.4) is 0 Å². The number of carbonyl (C=O) groups excluding carboxylic acids is 1. The van der Waals surface area contributed by atoms with E-state index < -0.39 is 11.7 Å². The summed E-state index contributed by atoms with van der Waals surface area (Å²) in [6, 6.07) is 5.03. The Morgan fingerprint density at radius 2 is 1.85 bits per heavy atom. The predicted octanol–water partition coefficient (Wildman–Crippen LogP) is 3.03. The second-order valence-corrected chi connectivity index (χ2v) is 6.52. The summed E-state index contributed by atoms with van der Waals surface area (Å²) < 4.78 is 37.7. The Balaban J connectivity index is 0.00000338. The molecule has 1 saturated heterocycles. The number of hydrogen-bond acceptors (Lipinski definition) is 3. The lowest BCUT2D eigenvalue weighted by Gasteiger charge is -2.27. The molecule has 1 fully saturated rings. The molecule has 1 amide bonds. The minimum absolute atomic E-state index is 0. The van der Waals surface area contributed by atoms with Crippen LogP contribution in [0.15, 0.2) is 24.3 Å². The smallest absolute Gasteiger partial charge is 0.356 e. The topological polar surface area (TPSA) is 44.4 Å². The quantitative estimate of drug-likeness (QED) is 0.700. The highest BCUT2D eigenvalue weighted by Gasteiger charge is 2.30. The van der Waals surface area contributed by atoms with Gasteiger partial charge in [0, 0.05) is 39.1 Å². The van der Waals surface area contributed by atoms with Crippen LogP contribution < -0.4 is 10.6 Å². The summed E-state index contributed by atoms with van der Waals surface area (Å²) in [6.07, 6.45) is -3.15. The van der Waals surface area contributed by atoms with E-state index in [4.69, 9.17) is 0 Å². The van der Waals surface area contributed by atoms with Gasteiger partial charge in [0.2, 0.25) is 5.91 Å². The van der Waals surface area contributed by atoms with Crippen molar-refractivity contribution >= 4 is 18.3 Å². The summed E-state index contributed by atoms with van der Waals surface area (Å²) in [5, 5.41) is 6.20. The number of hydrogen-bond donors (Lipinski definition) is 2. The molecule has 1 atom stereocenters. The summed E-state index contributed by atoms with van der Waals surface area (Å²) in [5.41, 5.74) is 0.0739. The molecule has 4 nitrogen and oxygen atoms in total. The number of carbonyl (C=O) groups is 1. The van der Waals surface area contributed by atoms with E-state index in [9.17, 15) is 18.0 Å². The third-order valence-electron chi connectivity index (χ3n) is 4.48. The second-order valence-electron chi connectivity index (χ2n) is 6.52. The summed E-state index contributed by atoms with van der Waals surface area (Å²) in [4.78, 5) is 14.4. The van der Waals surface area contributed by atoms with Gasteiger partial charge < -0.3 is 15.5 Å². The summed E-state index contributed by atoms with van der Waals surface area (Å²) >= 11 is 0. The first-order chi connectivity index (χ1) is 11.9. The zero-order valence-corrected chi connectivity index (χ0v) is 15.8. The van der Waals surface area contributed by atoms with E-state index in [1.165, 1.54) is 12.1 Å². The predicted molar refractivity (Wildman–Crippen MR) is 98.7 cm³/mol. The highest BCUT2D eigenvalue weighted by atomic mass is 35.5. The van der Waals surface area contributed by atoms with Crippen LogP contribution in [0, 0.1) is 0 Å². The van der Waals surface area contributed by atoms with Crippen LogP contribution in [0.1, 0.15) is 36.8 Å². The van der Waals surface area contributed by atoms with E-state index in [0.29, 0.717) is 6.54 Å². The van der Waals surface area contributed by atoms with Crippen molar-refractivity contribution in [2.75, 3.05) is 39.3 Å². The van der Waals surface area contributed by atoms with Crippen molar-refractivity contribution in [2.45, 2.75) is 31.9 Å². The SMILES string of the molecule is CC(CC(=O)NCCCN1CCNCC1)c1ccc(C(F)(F)F)cc1.Cl.